The van der Waals surface area contributed by atoms with Crippen LogP contribution in [0.5, 0.6) is 0 Å². The van der Waals surface area contributed by atoms with Gasteiger partial charge in [-0.3, -0.25) is 9.69 Å². The summed E-state index contributed by atoms with van der Waals surface area (Å²) in [6.07, 6.45) is 3.84. The van der Waals surface area contributed by atoms with Gasteiger partial charge in [-0.1, -0.05) is 11.6 Å². The number of halogens is 1. The quantitative estimate of drug-likeness (QED) is 0.672. The molecule has 168 valence electrons. The molecule has 0 spiro atoms. The number of carbonyl (C=O) groups is 1. The van der Waals surface area contributed by atoms with Crippen molar-refractivity contribution < 1.29 is 22.4 Å². The average molecular weight is 468 g/mol. The molecule has 0 radical (unpaired) electrons. The monoisotopic (exact) mass is 467 g/mol. The van der Waals surface area contributed by atoms with Crippen LogP contribution in [0, 0.1) is 0 Å². The highest BCUT2D eigenvalue weighted by Gasteiger charge is 2.29. The first-order valence-corrected chi connectivity index (χ1v) is 12.2. The molecule has 3 heterocycles. The van der Waals surface area contributed by atoms with Crippen molar-refractivity contribution in [3.63, 3.8) is 0 Å². The Labute approximate surface area is 187 Å². The summed E-state index contributed by atoms with van der Waals surface area (Å²) in [5, 5.41) is 3.11. The van der Waals surface area contributed by atoms with Gasteiger partial charge in [0.25, 0.3) is 5.91 Å². The van der Waals surface area contributed by atoms with E-state index in [1.807, 2.05) is 12.1 Å². The Morgan fingerprint density at radius 2 is 1.87 bits per heavy atom. The Hall–Kier alpha value is -1.91. The number of amides is 1. The fourth-order valence-electron chi connectivity index (χ4n) is 4.00. The van der Waals surface area contributed by atoms with Crippen molar-refractivity contribution in [1.82, 2.24) is 14.5 Å². The van der Waals surface area contributed by atoms with Crippen molar-refractivity contribution in [3.8, 4) is 0 Å². The van der Waals surface area contributed by atoms with Gasteiger partial charge in [-0.25, -0.2) is 8.42 Å². The Bertz CT molecular complexity index is 1000. The molecule has 10 heteroatoms. The van der Waals surface area contributed by atoms with Crippen molar-refractivity contribution in [2.24, 2.45) is 0 Å². The molecule has 1 atom stereocenters. The molecular formula is C21H26ClN3O5S. The highest BCUT2D eigenvalue weighted by Crippen LogP contribution is 2.26. The second kappa shape index (κ2) is 9.70. The smallest absolute Gasteiger partial charge is 0.252 e. The van der Waals surface area contributed by atoms with Gasteiger partial charge in [0, 0.05) is 19.6 Å². The largest absolute Gasteiger partial charge is 0.468 e. The third kappa shape index (κ3) is 4.96. The molecule has 2 aliphatic rings. The van der Waals surface area contributed by atoms with Crippen molar-refractivity contribution in [2.75, 3.05) is 45.9 Å². The minimum atomic E-state index is -3.72. The predicted octanol–water partition coefficient (Wildman–Crippen LogP) is 2.52. The zero-order valence-electron chi connectivity index (χ0n) is 17.1. The molecule has 4 rings (SSSR count). The summed E-state index contributed by atoms with van der Waals surface area (Å²) in [4.78, 5) is 15.3. The fraction of sp³-hybridized carbons (Fsp3) is 0.476. The van der Waals surface area contributed by atoms with Gasteiger partial charge in [-0.2, -0.15) is 4.31 Å². The van der Waals surface area contributed by atoms with Gasteiger partial charge in [0.2, 0.25) is 10.0 Å². The Morgan fingerprint density at radius 3 is 2.55 bits per heavy atom. The Kier molecular flexibility index (Phi) is 6.98. The molecule has 1 aromatic heterocycles. The zero-order valence-corrected chi connectivity index (χ0v) is 18.7. The van der Waals surface area contributed by atoms with Crippen LogP contribution in [0.1, 0.15) is 35.0 Å². The van der Waals surface area contributed by atoms with Crippen molar-refractivity contribution in [3.05, 3.63) is 52.9 Å². The molecule has 0 aliphatic carbocycles. The topological polar surface area (TPSA) is 92.1 Å². The molecule has 2 saturated heterocycles. The second-order valence-electron chi connectivity index (χ2n) is 7.64. The lowest BCUT2D eigenvalue weighted by atomic mass is 10.1. The first-order chi connectivity index (χ1) is 15.0. The fourth-order valence-corrected chi connectivity index (χ4v) is 5.64. The van der Waals surface area contributed by atoms with Gasteiger partial charge in [0.15, 0.2) is 0 Å². The maximum absolute atomic E-state index is 12.9. The van der Waals surface area contributed by atoms with E-state index in [2.05, 4.69) is 10.2 Å². The summed E-state index contributed by atoms with van der Waals surface area (Å²) in [7, 11) is -3.72. The number of hydrogen-bond donors (Lipinski definition) is 1. The van der Waals surface area contributed by atoms with E-state index in [4.69, 9.17) is 20.8 Å². The molecule has 1 unspecified atom stereocenters. The normalized spacial score (nSPS) is 19.4. The Balaban J connectivity index is 1.51. The van der Waals surface area contributed by atoms with Crippen LogP contribution in [0.3, 0.4) is 0 Å². The van der Waals surface area contributed by atoms with Crippen molar-refractivity contribution in [2.45, 2.75) is 23.8 Å². The van der Waals surface area contributed by atoms with Gasteiger partial charge < -0.3 is 14.5 Å². The van der Waals surface area contributed by atoms with E-state index in [0.29, 0.717) is 19.8 Å². The number of hydrogen-bond acceptors (Lipinski definition) is 6. The lowest BCUT2D eigenvalue weighted by Crippen LogP contribution is -2.40. The molecule has 2 aromatic rings. The number of ether oxygens (including phenoxy) is 1. The van der Waals surface area contributed by atoms with Gasteiger partial charge in [-0.05, 0) is 56.3 Å². The second-order valence-corrected chi connectivity index (χ2v) is 9.99. The van der Waals surface area contributed by atoms with E-state index >= 15 is 0 Å². The molecule has 31 heavy (non-hydrogen) atoms. The van der Waals surface area contributed by atoms with E-state index in [1.165, 1.54) is 22.5 Å². The van der Waals surface area contributed by atoms with Crippen LogP contribution < -0.4 is 5.32 Å². The molecule has 2 aliphatic heterocycles. The minimum Gasteiger partial charge on any atom is -0.468 e. The number of furan rings is 1. The summed E-state index contributed by atoms with van der Waals surface area (Å²) in [6, 6.07) is 7.88. The van der Waals surface area contributed by atoms with Gasteiger partial charge in [0.1, 0.15) is 5.76 Å². The van der Waals surface area contributed by atoms with Crippen molar-refractivity contribution >= 4 is 27.5 Å². The average Bonchev–Trinajstić information content (AvgIpc) is 3.50. The first kappa shape index (κ1) is 22.3. The van der Waals surface area contributed by atoms with Crippen molar-refractivity contribution in [1.29, 1.82) is 0 Å². The van der Waals surface area contributed by atoms with Crippen LogP contribution in [0.4, 0.5) is 0 Å². The maximum Gasteiger partial charge on any atom is 0.252 e. The number of nitrogens with one attached hydrogen (secondary N) is 1. The van der Waals surface area contributed by atoms with Crippen LogP contribution in [-0.2, 0) is 14.8 Å². The maximum atomic E-state index is 12.9. The summed E-state index contributed by atoms with van der Waals surface area (Å²) in [5.41, 5.74) is 0.135. The molecule has 2 fully saturated rings. The molecular weight excluding hydrogens is 442 g/mol. The molecule has 0 saturated carbocycles. The van der Waals surface area contributed by atoms with Crippen LogP contribution in [-0.4, -0.2) is 69.5 Å². The van der Waals surface area contributed by atoms with E-state index in [0.717, 1.165) is 31.7 Å². The summed E-state index contributed by atoms with van der Waals surface area (Å²) in [6.45, 7) is 3.49. The summed E-state index contributed by atoms with van der Waals surface area (Å²) >= 11 is 6.25. The van der Waals surface area contributed by atoms with E-state index in [-0.39, 0.29) is 34.6 Å². The van der Waals surface area contributed by atoms with Gasteiger partial charge in [-0.15, -0.1) is 0 Å². The number of likely N-dealkylation sites (tertiary alicyclic amines) is 1. The number of nitrogens with zero attached hydrogens (tertiary/aromatic N) is 2. The molecule has 1 amide bonds. The molecule has 1 aromatic carbocycles. The number of morpholine rings is 1. The van der Waals surface area contributed by atoms with Gasteiger partial charge >= 0.3 is 0 Å². The summed E-state index contributed by atoms with van der Waals surface area (Å²) in [5.74, 6) is 0.372. The SMILES string of the molecule is O=C(NCC(c1ccco1)N1CCCC1)c1cc(S(=O)(=O)N2CCOCC2)ccc1Cl. The van der Waals surface area contributed by atoms with Crippen LogP contribution in [0.25, 0.3) is 0 Å². The first-order valence-electron chi connectivity index (χ1n) is 10.4. The third-order valence-corrected chi connectivity index (χ3v) is 7.92. The number of benzene rings is 1. The zero-order chi connectivity index (χ0) is 21.8. The van der Waals surface area contributed by atoms with Crippen LogP contribution in [0.15, 0.2) is 45.9 Å². The van der Waals surface area contributed by atoms with Gasteiger partial charge in [0.05, 0.1) is 41.0 Å². The number of sulfonamides is 1. The van der Waals surface area contributed by atoms with Crippen LogP contribution in [0.2, 0.25) is 5.02 Å². The molecule has 8 nitrogen and oxygen atoms in total. The van der Waals surface area contributed by atoms with E-state index < -0.39 is 15.9 Å². The number of carbonyl (C=O) groups excluding carboxylic acids is 1. The number of rotatable bonds is 7. The molecule has 0 bridgehead atoms. The standard InChI is InChI=1S/C21H26ClN3O5S/c22-18-6-5-16(31(27,28)25-9-12-29-13-10-25)14-17(18)21(26)23-15-19(20-4-3-11-30-20)24-7-1-2-8-24/h3-6,11,14,19H,1-2,7-10,12-13,15H2,(H,23,26). The minimum absolute atomic E-state index is 0.0473. The highest BCUT2D eigenvalue weighted by atomic mass is 35.5. The lowest BCUT2D eigenvalue weighted by Gasteiger charge is -2.26. The van der Waals surface area contributed by atoms with Crippen LogP contribution >= 0.6 is 11.6 Å². The Morgan fingerprint density at radius 1 is 1.13 bits per heavy atom. The third-order valence-electron chi connectivity index (χ3n) is 5.70. The summed E-state index contributed by atoms with van der Waals surface area (Å²) < 4.78 is 38.1. The lowest BCUT2D eigenvalue weighted by molar-refractivity contribution is 0.0730. The highest BCUT2D eigenvalue weighted by molar-refractivity contribution is 7.89. The molecule has 1 N–H and O–H groups in total. The predicted molar refractivity (Wildman–Crippen MR) is 116 cm³/mol. The van der Waals surface area contributed by atoms with E-state index in [9.17, 15) is 13.2 Å². The van der Waals surface area contributed by atoms with E-state index in [1.54, 1.807) is 6.26 Å².